The van der Waals surface area contributed by atoms with Crippen molar-refractivity contribution in [3.8, 4) is 0 Å². The molecule has 1 aliphatic rings. The quantitative estimate of drug-likeness (QED) is 0.861. The van der Waals surface area contributed by atoms with Gasteiger partial charge >= 0.3 is 0 Å². The van der Waals surface area contributed by atoms with E-state index < -0.39 is 0 Å². The van der Waals surface area contributed by atoms with E-state index in [9.17, 15) is 0 Å². The van der Waals surface area contributed by atoms with Crippen molar-refractivity contribution >= 4 is 11.3 Å². The number of thiazole rings is 1. The first-order valence-corrected chi connectivity index (χ1v) is 8.08. The summed E-state index contributed by atoms with van der Waals surface area (Å²) >= 11 is 1.83. The summed E-state index contributed by atoms with van der Waals surface area (Å²) in [4.78, 5) is 7.36. The van der Waals surface area contributed by atoms with Crippen LogP contribution in [0.2, 0.25) is 0 Å². The van der Waals surface area contributed by atoms with E-state index in [4.69, 9.17) is 10.7 Å². The van der Waals surface area contributed by atoms with Crippen molar-refractivity contribution in [3.05, 3.63) is 16.1 Å². The maximum atomic E-state index is 5.54. The molecule has 0 aromatic carbocycles. The Labute approximate surface area is 114 Å². The molecule has 1 aromatic heterocycles. The topological polar surface area (TPSA) is 42.2 Å². The molecule has 3 nitrogen and oxygen atoms in total. The first-order chi connectivity index (χ1) is 8.83. The van der Waals surface area contributed by atoms with Crippen LogP contribution in [0.3, 0.4) is 0 Å². The molecule has 4 heteroatoms. The standard InChI is InChI=1S/C14H25N3S/c1-2-17-9-4-3-7-13(17)10-14-16-12(11-18-14)6-5-8-15/h11,13H,2-10,15H2,1H3. The summed E-state index contributed by atoms with van der Waals surface area (Å²) in [6.07, 6.45) is 7.31. The van der Waals surface area contributed by atoms with Gasteiger partial charge in [0.05, 0.1) is 10.7 Å². The molecule has 102 valence electrons. The molecule has 1 aliphatic heterocycles. The number of aryl methyl sites for hydroxylation is 1. The molecule has 1 saturated heterocycles. The number of piperidine rings is 1. The van der Waals surface area contributed by atoms with Crippen molar-refractivity contribution in [2.45, 2.75) is 51.5 Å². The highest BCUT2D eigenvalue weighted by atomic mass is 32.1. The van der Waals surface area contributed by atoms with Crippen LogP contribution in [0.4, 0.5) is 0 Å². The molecule has 2 N–H and O–H groups in total. The Morgan fingerprint density at radius 2 is 2.39 bits per heavy atom. The second-order valence-electron chi connectivity index (χ2n) is 5.11. The highest BCUT2D eigenvalue weighted by Gasteiger charge is 2.22. The number of rotatable bonds is 6. The molecule has 0 aliphatic carbocycles. The fourth-order valence-corrected chi connectivity index (χ4v) is 3.65. The molecule has 0 amide bonds. The number of nitrogens with two attached hydrogens (primary N) is 1. The normalized spacial score (nSPS) is 21.3. The van der Waals surface area contributed by atoms with Gasteiger partial charge in [-0.15, -0.1) is 11.3 Å². The predicted molar refractivity (Wildman–Crippen MR) is 78.1 cm³/mol. The molecule has 0 radical (unpaired) electrons. The van der Waals surface area contributed by atoms with E-state index in [1.807, 2.05) is 11.3 Å². The molecule has 0 spiro atoms. The third-order valence-electron chi connectivity index (χ3n) is 3.80. The van der Waals surface area contributed by atoms with Gasteiger partial charge in [-0.1, -0.05) is 13.3 Å². The minimum Gasteiger partial charge on any atom is -0.330 e. The molecule has 1 unspecified atom stereocenters. The van der Waals surface area contributed by atoms with E-state index in [0.29, 0.717) is 0 Å². The Hall–Kier alpha value is -0.450. The van der Waals surface area contributed by atoms with Crippen LogP contribution in [0, 0.1) is 0 Å². The van der Waals surface area contributed by atoms with Crippen molar-refractivity contribution in [1.29, 1.82) is 0 Å². The molecule has 1 aromatic rings. The van der Waals surface area contributed by atoms with E-state index in [1.54, 1.807) is 0 Å². The number of hydrogen-bond acceptors (Lipinski definition) is 4. The van der Waals surface area contributed by atoms with Crippen LogP contribution in [-0.2, 0) is 12.8 Å². The lowest BCUT2D eigenvalue weighted by Gasteiger charge is -2.34. The Morgan fingerprint density at radius 1 is 1.50 bits per heavy atom. The van der Waals surface area contributed by atoms with Crippen molar-refractivity contribution in [2.75, 3.05) is 19.6 Å². The van der Waals surface area contributed by atoms with E-state index >= 15 is 0 Å². The molecule has 2 heterocycles. The van der Waals surface area contributed by atoms with Crippen molar-refractivity contribution in [2.24, 2.45) is 5.73 Å². The SMILES string of the molecule is CCN1CCCCC1Cc1nc(CCCN)cs1. The van der Waals surface area contributed by atoms with Gasteiger partial charge in [0.15, 0.2) is 0 Å². The Morgan fingerprint density at radius 3 is 3.17 bits per heavy atom. The second-order valence-corrected chi connectivity index (χ2v) is 6.05. The van der Waals surface area contributed by atoms with Gasteiger partial charge in [0, 0.05) is 17.8 Å². The van der Waals surface area contributed by atoms with Crippen LogP contribution in [0.15, 0.2) is 5.38 Å². The minimum absolute atomic E-state index is 0.720. The summed E-state index contributed by atoms with van der Waals surface area (Å²) < 4.78 is 0. The lowest BCUT2D eigenvalue weighted by molar-refractivity contribution is 0.155. The largest absolute Gasteiger partial charge is 0.330 e. The van der Waals surface area contributed by atoms with Crippen LogP contribution in [0.25, 0.3) is 0 Å². The first-order valence-electron chi connectivity index (χ1n) is 7.21. The van der Waals surface area contributed by atoms with Crippen LogP contribution >= 0.6 is 11.3 Å². The maximum Gasteiger partial charge on any atom is 0.0943 e. The van der Waals surface area contributed by atoms with Gasteiger partial charge in [0.25, 0.3) is 0 Å². The number of likely N-dealkylation sites (N-methyl/N-ethyl adjacent to an activating group) is 1. The predicted octanol–water partition coefficient (Wildman–Crippen LogP) is 2.45. The third kappa shape index (κ3) is 3.77. The van der Waals surface area contributed by atoms with Crippen molar-refractivity contribution < 1.29 is 0 Å². The lowest BCUT2D eigenvalue weighted by Crippen LogP contribution is -2.40. The lowest BCUT2D eigenvalue weighted by atomic mass is 10.00. The zero-order chi connectivity index (χ0) is 12.8. The van der Waals surface area contributed by atoms with Gasteiger partial charge in [0.1, 0.15) is 0 Å². The second kappa shape index (κ2) is 7.22. The van der Waals surface area contributed by atoms with Crippen LogP contribution in [0.5, 0.6) is 0 Å². The van der Waals surface area contributed by atoms with Crippen LogP contribution in [0.1, 0.15) is 43.3 Å². The van der Waals surface area contributed by atoms with Gasteiger partial charge < -0.3 is 10.6 Å². The van der Waals surface area contributed by atoms with Gasteiger partial charge in [-0.05, 0) is 45.3 Å². The van der Waals surface area contributed by atoms with E-state index in [-0.39, 0.29) is 0 Å². The zero-order valence-electron chi connectivity index (χ0n) is 11.4. The third-order valence-corrected chi connectivity index (χ3v) is 4.72. The van der Waals surface area contributed by atoms with Gasteiger partial charge in [0.2, 0.25) is 0 Å². The first kappa shape index (κ1) is 14.0. The summed E-state index contributed by atoms with van der Waals surface area (Å²) in [6, 6.07) is 0.720. The van der Waals surface area contributed by atoms with E-state index in [0.717, 1.165) is 31.8 Å². The van der Waals surface area contributed by atoms with Crippen LogP contribution in [-0.4, -0.2) is 35.6 Å². The minimum atomic E-state index is 0.720. The van der Waals surface area contributed by atoms with Gasteiger partial charge in [-0.3, -0.25) is 0 Å². The average Bonchev–Trinajstić information content (AvgIpc) is 2.84. The fourth-order valence-electron chi connectivity index (χ4n) is 2.75. The van der Waals surface area contributed by atoms with Crippen molar-refractivity contribution in [1.82, 2.24) is 9.88 Å². The number of aromatic nitrogens is 1. The molecule has 1 atom stereocenters. The highest BCUT2D eigenvalue weighted by Crippen LogP contribution is 2.22. The number of likely N-dealkylation sites (tertiary alicyclic amines) is 1. The fraction of sp³-hybridized carbons (Fsp3) is 0.786. The van der Waals surface area contributed by atoms with Crippen LogP contribution < -0.4 is 5.73 Å². The summed E-state index contributed by atoms with van der Waals surface area (Å²) in [7, 11) is 0. The number of hydrogen-bond donors (Lipinski definition) is 1. The summed E-state index contributed by atoms with van der Waals surface area (Å²) in [6.45, 7) is 5.48. The smallest absolute Gasteiger partial charge is 0.0943 e. The molecule has 1 fully saturated rings. The van der Waals surface area contributed by atoms with E-state index in [1.165, 1.54) is 43.1 Å². The molecule has 0 saturated carbocycles. The zero-order valence-corrected chi connectivity index (χ0v) is 12.2. The monoisotopic (exact) mass is 267 g/mol. The van der Waals surface area contributed by atoms with Gasteiger partial charge in [-0.2, -0.15) is 0 Å². The average molecular weight is 267 g/mol. The van der Waals surface area contributed by atoms with E-state index in [2.05, 4.69) is 17.2 Å². The Kier molecular flexibility index (Phi) is 5.60. The molecular formula is C14H25N3S. The van der Waals surface area contributed by atoms with Gasteiger partial charge in [-0.25, -0.2) is 4.98 Å². The Bertz CT molecular complexity index is 351. The van der Waals surface area contributed by atoms with Crippen molar-refractivity contribution in [3.63, 3.8) is 0 Å². The summed E-state index contributed by atoms with van der Waals surface area (Å²) in [5, 5.41) is 3.52. The number of nitrogens with zero attached hydrogens (tertiary/aromatic N) is 2. The Balaban J connectivity index is 1.89. The summed E-state index contributed by atoms with van der Waals surface area (Å²) in [5.41, 5.74) is 6.77. The highest BCUT2D eigenvalue weighted by molar-refractivity contribution is 7.09. The molecule has 0 bridgehead atoms. The molecule has 18 heavy (non-hydrogen) atoms. The molecular weight excluding hydrogens is 242 g/mol. The molecule has 2 rings (SSSR count). The maximum absolute atomic E-state index is 5.54. The summed E-state index contributed by atoms with van der Waals surface area (Å²) in [5.74, 6) is 0.